The van der Waals surface area contributed by atoms with E-state index in [1.54, 1.807) is 7.05 Å². The van der Waals surface area contributed by atoms with Crippen LogP contribution in [-0.4, -0.2) is 34.5 Å². The number of amides is 1. The highest BCUT2D eigenvalue weighted by atomic mass is 32.2. The van der Waals surface area contributed by atoms with E-state index in [9.17, 15) is 4.79 Å². The van der Waals surface area contributed by atoms with Crippen LogP contribution in [-0.2, 0) is 4.79 Å². The van der Waals surface area contributed by atoms with Crippen LogP contribution in [0, 0.1) is 5.92 Å². The van der Waals surface area contributed by atoms with Crippen molar-refractivity contribution in [2.24, 2.45) is 15.9 Å². The Morgan fingerprint density at radius 2 is 1.94 bits per heavy atom. The molecule has 0 aliphatic heterocycles. The van der Waals surface area contributed by atoms with Gasteiger partial charge in [-0.2, -0.15) is 4.99 Å². The summed E-state index contributed by atoms with van der Waals surface area (Å²) in [6.07, 6.45) is 2.66. The van der Waals surface area contributed by atoms with Gasteiger partial charge >= 0.3 is 0 Å². The summed E-state index contributed by atoms with van der Waals surface area (Å²) in [6, 6.07) is 9.78. The molecule has 1 saturated carbocycles. The maximum absolute atomic E-state index is 11.9. The Bertz CT molecular complexity index is 1010. The van der Waals surface area contributed by atoms with E-state index < -0.39 is 0 Å². The molecule has 0 atom stereocenters. The van der Waals surface area contributed by atoms with Gasteiger partial charge in [0.05, 0.1) is 0 Å². The summed E-state index contributed by atoms with van der Waals surface area (Å²) >= 11 is 1.48. The monoisotopic (exact) mass is 472 g/mol. The number of nitrogens with zero attached hydrogens (tertiary/aromatic N) is 4. The Kier molecular flexibility index (Phi) is 10.4. The zero-order valence-electron chi connectivity index (χ0n) is 20.3. The lowest BCUT2D eigenvalue weighted by molar-refractivity contribution is -0.117. The maximum Gasteiger partial charge on any atom is 0.253 e. The molecule has 0 bridgehead atoms. The van der Waals surface area contributed by atoms with Crippen molar-refractivity contribution in [2.75, 3.05) is 18.2 Å². The number of carbonyl (C=O) groups excluding carboxylic acids is 1. The smallest absolute Gasteiger partial charge is 0.253 e. The van der Waals surface area contributed by atoms with E-state index in [1.807, 2.05) is 65.0 Å². The number of hydrogen-bond donors (Lipinski definition) is 4. The number of nitrogen functional groups attached to an aromatic ring is 1. The van der Waals surface area contributed by atoms with Crippen LogP contribution in [0.3, 0.4) is 0 Å². The van der Waals surface area contributed by atoms with Gasteiger partial charge in [-0.3, -0.25) is 9.79 Å². The van der Waals surface area contributed by atoms with Gasteiger partial charge in [0.25, 0.3) is 5.95 Å². The molecular weight excluding hydrogens is 436 g/mol. The second-order valence-corrected chi connectivity index (χ2v) is 8.67. The molecule has 9 nitrogen and oxygen atoms in total. The first-order valence-electron chi connectivity index (χ1n) is 11.4. The van der Waals surface area contributed by atoms with E-state index in [0.717, 1.165) is 34.3 Å². The average Bonchev–Trinajstić information content (AvgIpc) is 3.66. The summed E-state index contributed by atoms with van der Waals surface area (Å²) in [5, 5.41) is 3.67. The average molecular weight is 473 g/mol. The Hall–Kier alpha value is -2.85. The largest absolute Gasteiger partial charge is 0.335 e. The SMILES string of the molecule is CC.CC/C(=N\c1nc(Sc2ccc(NC(=O)C3CC3)cc2)cc(=NC)n1N)NNC(C)C. The topological polar surface area (TPSA) is 122 Å². The van der Waals surface area contributed by atoms with Gasteiger partial charge in [-0.15, -0.1) is 0 Å². The van der Waals surface area contributed by atoms with Gasteiger partial charge < -0.3 is 16.6 Å². The number of hydrazine groups is 1. The van der Waals surface area contributed by atoms with Crippen molar-refractivity contribution >= 4 is 35.1 Å². The lowest BCUT2D eigenvalue weighted by atomic mass is 10.3. The van der Waals surface area contributed by atoms with E-state index in [-0.39, 0.29) is 17.9 Å². The summed E-state index contributed by atoms with van der Waals surface area (Å²) < 4.78 is 1.37. The number of aliphatic imine (C=N–C) groups is 1. The van der Waals surface area contributed by atoms with Crippen molar-refractivity contribution in [3.63, 3.8) is 0 Å². The van der Waals surface area contributed by atoms with Crippen LogP contribution in [0.4, 0.5) is 11.6 Å². The molecule has 0 saturated heterocycles. The summed E-state index contributed by atoms with van der Waals surface area (Å²) in [5.41, 5.74) is 7.60. The highest BCUT2D eigenvalue weighted by Gasteiger charge is 2.29. The number of benzene rings is 1. The Labute approximate surface area is 200 Å². The van der Waals surface area contributed by atoms with Gasteiger partial charge in [-0.25, -0.2) is 15.1 Å². The molecule has 180 valence electrons. The number of amidine groups is 1. The van der Waals surface area contributed by atoms with Crippen LogP contribution in [0.1, 0.15) is 53.9 Å². The molecule has 0 radical (unpaired) electrons. The quantitative estimate of drug-likeness (QED) is 0.153. The van der Waals surface area contributed by atoms with E-state index in [4.69, 9.17) is 5.84 Å². The highest BCUT2D eigenvalue weighted by molar-refractivity contribution is 7.99. The van der Waals surface area contributed by atoms with Crippen LogP contribution in [0.15, 0.2) is 50.2 Å². The summed E-state index contributed by atoms with van der Waals surface area (Å²) in [4.78, 5) is 26.3. The summed E-state index contributed by atoms with van der Waals surface area (Å²) in [5.74, 6) is 7.52. The number of rotatable bonds is 8. The van der Waals surface area contributed by atoms with Crippen molar-refractivity contribution in [3.05, 3.63) is 35.8 Å². The first-order valence-corrected chi connectivity index (χ1v) is 12.2. The fourth-order valence-corrected chi connectivity index (χ4v) is 3.44. The predicted octanol–water partition coefficient (Wildman–Crippen LogP) is 3.60. The molecule has 5 N–H and O–H groups in total. The second-order valence-electron chi connectivity index (χ2n) is 7.57. The molecule has 1 aromatic heterocycles. The molecule has 1 heterocycles. The van der Waals surface area contributed by atoms with E-state index in [2.05, 4.69) is 31.1 Å². The molecule has 1 amide bonds. The van der Waals surface area contributed by atoms with Crippen LogP contribution < -0.4 is 27.5 Å². The molecule has 1 aromatic carbocycles. The Morgan fingerprint density at radius 3 is 2.48 bits per heavy atom. The zero-order valence-corrected chi connectivity index (χ0v) is 21.2. The summed E-state index contributed by atoms with van der Waals surface area (Å²) in [7, 11) is 1.68. The minimum absolute atomic E-state index is 0.0987. The molecule has 10 heteroatoms. The minimum atomic E-state index is 0.0987. The van der Waals surface area contributed by atoms with Gasteiger partial charge in [-0.05, 0) is 51.0 Å². The number of hydrogen-bond acceptors (Lipinski definition) is 7. The predicted molar refractivity (Wildman–Crippen MR) is 136 cm³/mol. The van der Waals surface area contributed by atoms with Crippen molar-refractivity contribution in [2.45, 2.75) is 69.8 Å². The number of aromatic nitrogens is 2. The highest BCUT2D eigenvalue weighted by Crippen LogP contribution is 2.31. The fourth-order valence-electron chi connectivity index (χ4n) is 2.63. The fraction of sp³-hybridized carbons (Fsp3) is 0.478. The second kappa shape index (κ2) is 13.0. The molecule has 3 rings (SSSR count). The molecule has 1 aliphatic rings. The van der Waals surface area contributed by atoms with E-state index >= 15 is 0 Å². The number of anilines is 1. The first-order chi connectivity index (χ1) is 15.9. The molecule has 1 fully saturated rings. The van der Waals surface area contributed by atoms with Crippen molar-refractivity contribution < 1.29 is 4.79 Å². The first kappa shape index (κ1) is 26.4. The van der Waals surface area contributed by atoms with Gasteiger partial charge in [0, 0.05) is 42.1 Å². The van der Waals surface area contributed by atoms with E-state index in [1.165, 1.54) is 16.4 Å². The van der Waals surface area contributed by atoms with Gasteiger partial charge in [0.1, 0.15) is 10.9 Å². The third-order valence-corrected chi connectivity index (χ3v) is 5.45. The standard InChI is InChI=1S/C21H30N8OS.C2H6/c1-5-17(28-27-13(2)3)25-21-26-19(12-18(23-4)29(21)22)31-16-10-8-15(9-11-16)24-20(30)14-6-7-14;1-2/h8-14,27H,5-7,22H2,1-4H3,(H,24,30)(H,25,26,28);1-2H3. The van der Waals surface area contributed by atoms with Crippen LogP contribution >= 0.6 is 11.8 Å². The van der Waals surface area contributed by atoms with Crippen molar-refractivity contribution in [1.29, 1.82) is 0 Å². The van der Waals surface area contributed by atoms with Crippen LogP contribution in [0.25, 0.3) is 0 Å². The number of carbonyl (C=O) groups is 1. The number of nitrogens with one attached hydrogen (secondary N) is 3. The van der Waals surface area contributed by atoms with Crippen LogP contribution in [0.5, 0.6) is 0 Å². The van der Waals surface area contributed by atoms with Crippen molar-refractivity contribution in [3.8, 4) is 0 Å². The molecule has 2 aromatic rings. The Balaban J connectivity index is 0.00000187. The van der Waals surface area contributed by atoms with Gasteiger partial charge in [0.2, 0.25) is 5.91 Å². The zero-order chi connectivity index (χ0) is 24.4. The normalized spacial score (nSPS) is 14.0. The maximum atomic E-state index is 11.9. The van der Waals surface area contributed by atoms with Gasteiger partial charge in [0.15, 0.2) is 5.49 Å². The third kappa shape index (κ3) is 8.21. The van der Waals surface area contributed by atoms with Crippen LogP contribution in [0.2, 0.25) is 0 Å². The molecule has 1 aliphatic carbocycles. The minimum Gasteiger partial charge on any atom is -0.335 e. The lowest BCUT2D eigenvalue weighted by Gasteiger charge is -2.13. The van der Waals surface area contributed by atoms with Gasteiger partial charge in [-0.1, -0.05) is 32.5 Å². The van der Waals surface area contributed by atoms with E-state index in [0.29, 0.717) is 17.9 Å². The molecular formula is C23H36N8OS. The lowest BCUT2D eigenvalue weighted by Crippen LogP contribution is -2.41. The summed E-state index contributed by atoms with van der Waals surface area (Å²) in [6.45, 7) is 10.1. The third-order valence-electron chi connectivity index (χ3n) is 4.52. The number of nitrogens with two attached hydrogens (primary N) is 1. The molecule has 0 spiro atoms. The Morgan fingerprint density at radius 1 is 1.27 bits per heavy atom. The molecule has 0 unspecified atom stereocenters. The molecule has 33 heavy (non-hydrogen) atoms. The van der Waals surface area contributed by atoms with Crippen molar-refractivity contribution in [1.82, 2.24) is 20.5 Å².